The summed E-state index contributed by atoms with van der Waals surface area (Å²) in [5, 5.41) is 8.25. The number of carboxylic acids is 1. The van der Waals surface area contributed by atoms with Gasteiger partial charge in [-0.15, -0.1) is 12.4 Å². The maximum Gasteiger partial charge on any atom is 0.308 e. The molecule has 0 spiro atoms. The Hall–Kier alpha value is -0.240. The lowest BCUT2D eigenvalue weighted by Crippen LogP contribution is -2.18. The van der Waals surface area contributed by atoms with E-state index in [0.717, 1.165) is 0 Å². The molecule has 0 radical (unpaired) electrons. The van der Waals surface area contributed by atoms with E-state index >= 15 is 0 Å². The molecule has 0 aliphatic carbocycles. The molecule has 0 saturated heterocycles. The molecule has 1 N–H and O–H groups in total. The van der Waals surface area contributed by atoms with Crippen molar-refractivity contribution in [2.24, 2.45) is 5.41 Å². The van der Waals surface area contributed by atoms with Crippen LogP contribution < -0.4 is 0 Å². The van der Waals surface area contributed by atoms with Crippen LogP contribution in [0.2, 0.25) is 0 Å². The topological polar surface area (TPSA) is 37.3 Å². The van der Waals surface area contributed by atoms with E-state index in [9.17, 15) is 4.79 Å². The van der Waals surface area contributed by atoms with Crippen LogP contribution in [-0.4, -0.2) is 11.1 Å². The van der Waals surface area contributed by atoms with E-state index < -0.39 is 11.4 Å². The van der Waals surface area contributed by atoms with Gasteiger partial charge in [0, 0.05) is 0 Å². The van der Waals surface area contributed by atoms with Crippen LogP contribution >= 0.6 is 12.4 Å². The van der Waals surface area contributed by atoms with Gasteiger partial charge in [0.1, 0.15) is 0 Å². The SMILES string of the molecule is CC(C)(C)C(=O)O.Cl. The van der Waals surface area contributed by atoms with Gasteiger partial charge in [-0.25, -0.2) is 0 Å². The van der Waals surface area contributed by atoms with Crippen molar-refractivity contribution in [1.82, 2.24) is 0 Å². The zero-order chi connectivity index (χ0) is 6.08. The van der Waals surface area contributed by atoms with E-state index in [4.69, 9.17) is 5.11 Å². The van der Waals surface area contributed by atoms with Crippen LogP contribution in [0.1, 0.15) is 20.8 Å². The normalized spacial score (nSPS) is 9.88. The Morgan fingerprint density at radius 3 is 1.50 bits per heavy atom. The lowest BCUT2D eigenvalue weighted by molar-refractivity contribution is -0.145. The van der Waals surface area contributed by atoms with E-state index in [2.05, 4.69) is 0 Å². The van der Waals surface area contributed by atoms with Gasteiger partial charge >= 0.3 is 5.97 Å². The van der Waals surface area contributed by atoms with Crippen LogP contribution in [0.15, 0.2) is 0 Å². The second-order valence-electron chi connectivity index (χ2n) is 2.56. The zero-order valence-electron chi connectivity index (χ0n) is 5.26. The predicted octanol–water partition coefficient (Wildman–Crippen LogP) is 1.54. The van der Waals surface area contributed by atoms with Gasteiger partial charge in [-0.3, -0.25) is 4.79 Å². The monoisotopic (exact) mass is 138 g/mol. The number of hydrogen-bond acceptors (Lipinski definition) is 1. The molecule has 3 heteroatoms. The minimum atomic E-state index is -0.757. The molecule has 0 fully saturated rings. The Morgan fingerprint density at radius 1 is 1.38 bits per heavy atom. The number of halogens is 1. The van der Waals surface area contributed by atoms with Crippen molar-refractivity contribution in [3.63, 3.8) is 0 Å². The molecule has 0 aromatic carbocycles. The maximum absolute atomic E-state index is 10.0. The third kappa shape index (κ3) is 3.93. The average molecular weight is 139 g/mol. The minimum Gasteiger partial charge on any atom is -0.481 e. The molecule has 0 bridgehead atoms. The van der Waals surface area contributed by atoms with E-state index in [1.807, 2.05) is 0 Å². The highest BCUT2D eigenvalue weighted by atomic mass is 35.5. The fourth-order valence-corrected chi connectivity index (χ4v) is 0. The van der Waals surface area contributed by atoms with Gasteiger partial charge < -0.3 is 5.11 Å². The van der Waals surface area contributed by atoms with Crippen molar-refractivity contribution >= 4 is 18.4 Å². The van der Waals surface area contributed by atoms with E-state index in [1.165, 1.54) is 0 Å². The molecule has 0 aliphatic heterocycles. The summed E-state index contributed by atoms with van der Waals surface area (Å²) in [4.78, 5) is 10.0. The van der Waals surface area contributed by atoms with Crippen LogP contribution in [0.5, 0.6) is 0 Å². The van der Waals surface area contributed by atoms with Crippen molar-refractivity contribution < 1.29 is 9.90 Å². The third-order valence-electron chi connectivity index (χ3n) is 0.642. The third-order valence-corrected chi connectivity index (χ3v) is 0.642. The first-order valence-corrected chi connectivity index (χ1v) is 2.18. The zero-order valence-corrected chi connectivity index (χ0v) is 6.08. The van der Waals surface area contributed by atoms with Gasteiger partial charge in [-0.2, -0.15) is 0 Å². The summed E-state index contributed by atoms with van der Waals surface area (Å²) in [6.45, 7) is 4.99. The Labute approximate surface area is 55.3 Å². The lowest BCUT2D eigenvalue weighted by atomic mass is 9.98. The summed E-state index contributed by atoms with van der Waals surface area (Å²) >= 11 is 0. The van der Waals surface area contributed by atoms with Crippen molar-refractivity contribution in [2.75, 3.05) is 0 Å². The van der Waals surface area contributed by atoms with Gasteiger partial charge in [-0.05, 0) is 20.8 Å². The van der Waals surface area contributed by atoms with Gasteiger partial charge in [-0.1, -0.05) is 0 Å². The summed E-state index contributed by atoms with van der Waals surface area (Å²) in [6, 6.07) is 0. The maximum atomic E-state index is 10.0. The Bertz CT molecular complexity index is 82.9. The highest BCUT2D eigenvalue weighted by Crippen LogP contribution is 2.11. The Balaban J connectivity index is 0. The molecule has 0 unspecified atom stereocenters. The number of carbonyl (C=O) groups is 1. The first kappa shape index (κ1) is 10.7. The van der Waals surface area contributed by atoms with E-state index in [0.29, 0.717) is 0 Å². The summed E-state index contributed by atoms with van der Waals surface area (Å²) < 4.78 is 0. The number of rotatable bonds is 0. The molecule has 0 amide bonds. The van der Waals surface area contributed by atoms with Crippen molar-refractivity contribution in [1.29, 1.82) is 0 Å². The fraction of sp³-hybridized carbons (Fsp3) is 0.800. The van der Waals surface area contributed by atoms with Crippen LogP contribution in [0.25, 0.3) is 0 Å². The second-order valence-corrected chi connectivity index (χ2v) is 2.56. The highest BCUT2D eigenvalue weighted by Gasteiger charge is 2.18. The van der Waals surface area contributed by atoms with E-state index in [1.54, 1.807) is 20.8 Å². The molecule has 0 aromatic heterocycles. The van der Waals surface area contributed by atoms with Gasteiger partial charge in [0.15, 0.2) is 0 Å². The molecular weight excluding hydrogens is 128 g/mol. The van der Waals surface area contributed by atoms with Crippen molar-refractivity contribution in [2.45, 2.75) is 20.8 Å². The Kier molecular flexibility index (Phi) is 3.90. The lowest BCUT2D eigenvalue weighted by Gasteiger charge is -2.08. The Morgan fingerprint density at radius 2 is 1.50 bits per heavy atom. The molecule has 8 heavy (non-hydrogen) atoms. The quantitative estimate of drug-likeness (QED) is 0.552. The second kappa shape index (κ2) is 2.92. The van der Waals surface area contributed by atoms with Crippen molar-refractivity contribution in [3.8, 4) is 0 Å². The molecule has 0 heterocycles. The number of carboxylic acid groups (broad SMARTS) is 1. The predicted molar refractivity (Wildman–Crippen MR) is 34.3 cm³/mol. The largest absolute Gasteiger partial charge is 0.481 e. The van der Waals surface area contributed by atoms with Gasteiger partial charge in [0.05, 0.1) is 5.41 Å². The summed E-state index contributed by atoms with van der Waals surface area (Å²) in [5.74, 6) is -0.757. The van der Waals surface area contributed by atoms with Crippen molar-refractivity contribution in [3.05, 3.63) is 0 Å². The van der Waals surface area contributed by atoms with Crippen LogP contribution in [-0.2, 0) is 4.79 Å². The smallest absolute Gasteiger partial charge is 0.308 e. The first-order valence-electron chi connectivity index (χ1n) is 2.18. The fourth-order valence-electron chi connectivity index (χ4n) is 0. The summed E-state index contributed by atoms with van der Waals surface area (Å²) in [6.07, 6.45) is 0. The van der Waals surface area contributed by atoms with E-state index in [-0.39, 0.29) is 12.4 Å². The van der Waals surface area contributed by atoms with Gasteiger partial charge in [0.2, 0.25) is 0 Å². The summed E-state index contributed by atoms with van der Waals surface area (Å²) in [5.41, 5.74) is -0.583. The number of hydrogen-bond donors (Lipinski definition) is 1. The highest BCUT2D eigenvalue weighted by molar-refractivity contribution is 5.85. The molecule has 2 nitrogen and oxygen atoms in total. The molecule has 50 valence electrons. The molecule has 0 atom stereocenters. The molecule has 0 aromatic rings. The standard InChI is InChI=1S/C5H10O2.ClH/c1-5(2,3)4(6)7;/h1-3H3,(H,6,7);1H. The van der Waals surface area contributed by atoms with Crippen LogP contribution in [0, 0.1) is 5.41 Å². The van der Waals surface area contributed by atoms with Crippen LogP contribution in [0.3, 0.4) is 0 Å². The molecule has 0 aliphatic rings. The van der Waals surface area contributed by atoms with Crippen LogP contribution in [0.4, 0.5) is 0 Å². The number of aliphatic carboxylic acids is 1. The summed E-state index contributed by atoms with van der Waals surface area (Å²) in [7, 11) is 0. The average Bonchev–Trinajstić information content (AvgIpc) is 1.31. The minimum absolute atomic E-state index is 0. The molecular formula is C5H11ClO2. The van der Waals surface area contributed by atoms with Gasteiger partial charge in [0.25, 0.3) is 0 Å². The molecule has 0 rings (SSSR count). The first-order chi connectivity index (χ1) is 2.94. The molecule has 0 saturated carbocycles.